The highest BCUT2D eigenvalue weighted by Crippen LogP contribution is 2.25. The predicted octanol–water partition coefficient (Wildman–Crippen LogP) is 4.58. The topological polar surface area (TPSA) is 71.5 Å². The van der Waals surface area contributed by atoms with E-state index >= 15 is 0 Å². The fourth-order valence-corrected chi connectivity index (χ4v) is 3.26. The summed E-state index contributed by atoms with van der Waals surface area (Å²) in [6.07, 6.45) is 0.212. The molecule has 0 bridgehead atoms. The van der Waals surface area contributed by atoms with Gasteiger partial charge in [0.15, 0.2) is 10.7 Å². The molecule has 0 radical (unpaired) electrons. The van der Waals surface area contributed by atoms with Crippen molar-refractivity contribution in [1.29, 1.82) is 0 Å². The van der Waals surface area contributed by atoms with Crippen molar-refractivity contribution >= 4 is 29.1 Å². The maximum atomic E-state index is 13.3. The van der Waals surface area contributed by atoms with Crippen LogP contribution >= 0.6 is 23.4 Å². The van der Waals surface area contributed by atoms with Crippen LogP contribution in [0.25, 0.3) is 0 Å². The fourth-order valence-electron chi connectivity index (χ4n) is 2.19. The van der Waals surface area contributed by atoms with Gasteiger partial charge in [-0.25, -0.2) is 9.02 Å². The lowest BCUT2D eigenvalue weighted by atomic mass is 10.1. The van der Waals surface area contributed by atoms with Gasteiger partial charge >= 0.3 is 0 Å². The number of rotatable bonds is 6. The van der Waals surface area contributed by atoms with Gasteiger partial charge in [-0.3, -0.25) is 0 Å². The van der Waals surface area contributed by atoms with Crippen molar-refractivity contribution in [3.8, 4) is 0 Å². The fraction of sp³-hybridized carbons (Fsp3) is 0.118. The van der Waals surface area contributed by atoms with Crippen LogP contribution in [0.2, 0.25) is 5.02 Å². The van der Waals surface area contributed by atoms with E-state index in [1.165, 1.54) is 23.9 Å². The SMILES string of the molecule is ON=C(Cc1ccc(F)c(Cl)c1)c1nonc1SCc1ccccc1. The number of halogens is 2. The van der Waals surface area contributed by atoms with Gasteiger partial charge in [0.1, 0.15) is 11.5 Å². The van der Waals surface area contributed by atoms with Crippen LogP contribution < -0.4 is 0 Å². The molecule has 0 aliphatic carbocycles. The number of oxime groups is 1. The Morgan fingerprint density at radius 3 is 2.68 bits per heavy atom. The number of hydrogen-bond donors (Lipinski definition) is 1. The van der Waals surface area contributed by atoms with E-state index < -0.39 is 5.82 Å². The third-order valence-corrected chi connectivity index (χ3v) is 4.74. The molecule has 0 saturated carbocycles. The highest BCUT2D eigenvalue weighted by Gasteiger charge is 2.18. The van der Waals surface area contributed by atoms with Crippen molar-refractivity contribution < 1.29 is 14.2 Å². The molecule has 0 amide bonds. The molecule has 25 heavy (non-hydrogen) atoms. The number of nitrogens with zero attached hydrogens (tertiary/aromatic N) is 3. The summed E-state index contributed by atoms with van der Waals surface area (Å²) in [6.45, 7) is 0. The van der Waals surface area contributed by atoms with Crippen molar-refractivity contribution in [3.05, 3.63) is 76.2 Å². The Hall–Kier alpha value is -2.38. The number of benzene rings is 2. The minimum absolute atomic E-state index is 0.00624. The Kier molecular flexibility index (Phi) is 5.67. The Labute approximate surface area is 152 Å². The molecule has 3 rings (SSSR count). The number of aromatic nitrogens is 2. The standard InChI is InChI=1S/C17H13ClFN3O2S/c18-13-8-12(6-7-14(13)19)9-15(20-23)16-17(22-24-21-16)25-10-11-4-2-1-3-5-11/h1-8,23H,9-10H2. The van der Waals surface area contributed by atoms with Crippen molar-refractivity contribution in [2.45, 2.75) is 17.2 Å². The summed E-state index contributed by atoms with van der Waals surface area (Å²) in [5, 5.41) is 20.9. The third-order valence-electron chi connectivity index (χ3n) is 3.43. The van der Waals surface area contributed by atoms with Crippen LogP contribution in [0.1, 0.15) is 16.8 Å². The van der Waals surface area contributed by atoms with Crippen LogP contribution in [0.3, 0.4) is 0 Å². The van der Waals surface area contributed by atoms with E-state index in [-0.39, 0.29) is 17.2 Å². The van der Waals surface area contributed by atoms with Gasteiger partial charge in [0, 0.05) is 12.2 Å². The lowest BCUT2D eigenvalue weighted by Gasteiger charge is -2.04. The van der Waals surface area contributed by atoms with Gasteiger partial charge < -0.3 is 5.21 Å². The molecule has 1 N–H and O–H groups in total. The highest BCUT2D eigenvalue weighted by molar-refractivity contribution is 7.98. The van der Waals surface area contributed by atoms with E-state index in [4.69, 9.17) is 16.2 Å². The van der Waals surface area contributed by atoms with Gasteiger partial charge in [-0.15, -0.1) is 0 Å². The molecule has 0 spiro atoms. The van der Waals surface area contributed by atoms with E-state index in [2.05, 4.69) is 15.5 Å². The van der Waals surface area contributed by atoms with E-state index in [0.29, 0.717) is 22.0 Å². The van der Waals surface area contributed by atoms with Gasteiger partial charge in [-0.05, 0) is 33.6 Å². The minimum Gasteiger partial charge on any atom is -0.411 e. The number of thioether (sulfide) groups is 1. The molecule has 0 unspecified atom stereocenters. The second-order valence-electron chi connectivity index (χ2n) is 5.16. The minimum atomic E-state index is -0.505. The van der Waals surface area contributed by atoms with Crippen LogP contribution in [-0.2, 0) is 12.2 Å². The Bertz CT molecular complexity index is 887. The van der Waals surface area contributed by atoms with Crippen molar-refractivity contribution in [1.82, 2.24) is 10.3 Å². The summed E-state index contributed by atoms with van der Waals surface area (Å²) in [5.41, 5.74) is 2.42. The molecule has 1 heterocycles. The molecule has 128 valence electrons. The molecule has 0 aliphatic heterocycles. The smallest absolute Gasteiger partial charge is 0.170 e. The molecular formula is C17H13ClFN3O2S. The quantitative estimate of drug-likeness (QED) is 0.295. The monoisotopic (exact) mass is 377 g/mol. The van der Waals surface area contributed by atoms with Crippen LogP contribution in [0.15, 0.2) is 63.3 Å². The third kappa shape index (κ3) is 4.37. The second kappa shape index (κ2) is 8.13. The molecule has 5 nitrogen and oxygen atoms in total. The lowest BCUT2D eigenvalue weighted by molar-refractivity contribution is 0.296. The summed E-state index contributed by atoms with van der Waals surface area (Å²) in [6, 6.07) is 14.2. The molecule has 0 aliphatic rings. The zero-order chi connectivity index (χ0) is 17.6. The Morgan fingerprint density at radius 1 is 1.16 bits per heavy atom. The average molecular weight is 378 g/mol. The zero-order valence-electron chi connectivity index (χ0n) is 12.9. The first-order valence-electron chi connectivity index (χ1n) is 7.32. The van der Waals surface area contributed by atoms with Crippen LogP contribution in [0, 0.1) is 5.82 Å². The molecule has 2 aromatic carbocycles. The summed E-state index contributed by atoms with van der Waals surface area (Å²) in [5.74, 6) is 0.165. The van der Waals surface area contributed by atoms with Crippen LogP contribution in [0.4, 0.5) is 4.39 Å². The zero-order valence-corrected chi connectivity index (χ0v) is 14.5. The molecule has 1 aromatic heterocycles. The van der Waals surface area contributed by atoms with E-state index in [1.807, 2.05) is 30.3 Å². The van der Waals surface area contributed by atoms with E-state index in [1.54, 1.807) is 6.07 Å². The summed E-state index contributed by atoms with van der Waals surface area (Å²) >= 11 is 7.21. The van der Waals surface area contributed by atoms with E-state index in [0.717, 1.165) is 5.56 Å². The lowest BCUT2D eigenvalue weighted by Crippen LogP contribution is -2.08. The van der Waals surface area contributed by atoms with Gasteiger partial charge in [0.05, 0.1) is 5.02 Å². The largest absolute Gasteiger partial charge is 0.411 e. The van der Waals surface area contributed by atoms with Gasteiger partial charge in [-0.2, -0.15) is 0 Å². The van der Waals surface area contributed by atoms with Crippen molar-refractivity contribution in [2.75, 3.05) is 0 Å². The second-order valence-corrected chi connectivity index (χ2v) is 6.54. The summed E-state index contributed by atoms with van der Waals surface area (Å²) in [7, 11) is 0. The molecule has 0 atom stereocenters. The predicted molar refractivity (Wildman–Crippen MR) is 93.7 cm³/mol. The van der Waals surface area contributed by atoms with Crippen molar-refractivity contribution in [2.24, 2.45) is 5.16 Å². The average Bonchev–Trinajstić information content (AvgIpc) is 3.10. The van der Waals surface area contributed by atoms with Gasteiger partial charge in [-0.1, -0.05) is 64.9 Å². The Balaban J connectivity index is 1.75. The summed E-state index contributed by atoms with van der Waals surface area (Å²) < 4.78 is 18.1. The molecular weight excluding hydrogens is 365 g/mol. The van der Waals surface area contributed by atoms with Gasteiger partial charge in [0.25, 0.3) is 0 Å². The van der Waals surface area contributed by atoms with Gasteiger partial charge in [0.2, 0.25) is 0 Å². The molecule has 8 heteroatoms. The van der Waals surface area contributed by atoms with Crippen LogP contribution in [-0.4, -0.2) is 21.2 Å². The normalized spacial score (nSPS) is 11.7. The maximum Gasteiger partial charge on any atom is 0.170 e. The summed E-state index contributed by atoms with van der Waals surface area (Å²) in [4.78, 5) is 0. The van der Waals surface area contributed by atoms with Crippen LogP contribution in [0.5, 0.6) is 0 Å². The first kappa shape index (κ1) is 17.4. The molecule has 0 fully saturated rings. The molecule has 0 saturated heterocycles. The molecule has 3 aromatic rings. The maximum absolute atomic E-state index is 13.3. The Morgan fingerprint density at radius 2 is 1.96 bits per heavy atom. The van der Waals surface area contributed by atoms with Crippen molar-refractivity contribution in [3.63, 3.8) is 0 Å². The highest BCUT2D eigenvalue weighted by atomic mass is 35.5. The van der Waals surface area contributed by atoms with E-state index in [9.17, 15) is 9.60 Å². The first-order chi connectivity index (χ1) is 12.2. The first-order valence-corrected chi connectivity index (χ1v) is 8.68. The number of hydrogen-bond acceptors (Lipinski definition) is 6.